The summed E-state index contributed by atoms with van der Waals surface area (Å²) in [6, 6.07) is 7.18. The van der Waals surface area contributed by atoms with E-state index in [0.717, 1.165) is 11.1 Å². The number of nitrogens with zero attached hydrogens (tertiary/aromatic N) is 2. The summed E-state index contributed by atoms with van der Waals surface area (Å²) in [6.45, 7) is 3.77. The smallest absolute Gasteiger partial charge is 0.240 e. The fourth-order valence-corrected chi connectivity index (χ4v) is 2.53. The van der Waals surface area contributed by atoms with Gasteiger partial charge in [-0.2, -0.15) is 9.98 Å². The monoisotopic (exact) mass is 324 g/mol. The minimum atomic E-state index is 0.313. The van der Waals surface area contributed by atoms with Crippen LogP contribution >= 0.6 is 0 Å². The second-order valence-corrected chi connectivity index (χ2v) is 5.13. The van der Waals surface area contributed by atoms with Crippen molar-refractivity contribution in [2.45, 2.75) is 13.8 Å². The van der Waals surface area contributed by atoms with Gasteiger partial charge in [0, 0.05) is 11.1 Å². The van der Waals surface area contributed by atoms with Gasteiger partial charge >= 0.3 is 0 Å². The van der Waals surface area contributed by atoms with Crippen molar-refractivity contribution in [3.63, 3.8) is 0 Å². The first-order valence-electron chi connectivity index (χ1n) is 7.09. The van der Waals surface area contributed by atoms with Gasteiger partial charge in [0.05, 0.1) is 14.2 Å². The lowest BCUT2D eigenvalue weighted by Gasteiger charge is -2.15. The van der Waals surface area contributed by atoms with E-state index < -0.39 is 0 Å². The molecule has 0 radical (unpaired) electrons. The Morgan fingerprint density at radius 3 is 1.42 bits per heavy atom. The number of rotatable bonds is 5. The van der Waals surface area contributed by atoms with Crippen LogP contribution in [0.2, 0.25) is 0 Å². The molecule has 6 heteroatoms. The summed E-state index contributed by atoms with van der Waals surface area (Å²) in [7, 11) is 2.98. The Hall–Kier alpha value is -3.20. The number of hydrogen-bond acceptors (Lipinski definition) is 6. The highest BCUT2D eigenvalue weighted by molar-refractivity contribution is 5.90. The number of benzene rings is 2. The molecular weight excluding hydrogens is 308 g/mol. The van der Waals surface area contributed by atoms with E-state index in [1.54, 1.807) is 12.1 Å². The first kappa shape index (κ1) is 17.2. The SMILES string of the molecule is COc1cc(C)cc(-c2cc(C)cc(OC)c2N=C=O)c1N=C=O. The van der Waals surface area contributed by atoms with Crippen LogP contribution < -0.4 is 9.47 Å². The molecule has 24 heavy (non-hydrogen) atoms. The average molecular weight is 324 g/mol. The zero-order chi connectivity index (χ0) is 17.7. The number of ether oxygens (including phenoxy) is 2. The standard InChI is InChI=1S/C18H16N2O4/c1-11-5-13(17(19-9-21)15(7-11)23-3)14-6-12(2)8-16(24-4)18(14)20-10-22/h5-8H,1-4H3. The van der Waals surface area contributed by atoms with E-state index >= 15 is 0 Å². The highest BCUT2D eigenvalue weighted by atomic mass is 16.5. The molecule has 0 fully saturated rings. The highest BCUT2D eigenvalue weighted by Crippen LogP contribution is 2.46. The van der Waals surface area contributed by atoms with Crippen molar-refractivity contribution >= 4 is 23.5 Å². The Labute approximate surface area is 139 Å². The maximum Gasteiger partial charge on any atom is 0.240 e. The third kappa shape index (κ3) is 3.25. The van der Waals surface area contributed by atoms with Gasteiger partial charge in [-0.25, -0.2) is 9.59 Å². The van der Waals surface area contributed by atoms with E-state index in [4.69, 9.17) is 9.47 Å². The lowest BCUT2D eigenvalue weighted by atomic mass is 9.97. The Kier molecular flexibility index (Phi) is 5.27. The van der Waals surface area contributed by atoms with Crippen LogP contribution in [0, 0.1) is 13.8 Å². The summed E-state index contributed by atoms with van der Waals surface area (Å²) in [5, 5.41) is 0. The topological polar surface area (TPSA) is 77.3 Å². The molecule has 0 aliphatic heterocycles. The quantitative estimate of drug-likeness (QED) is 0.617. The van der Waals surface area contributed by atoms with Crippen molar-refractivity contribution < 1.29 is 19.1 Å². The molecule has 2 rings (SSSR count). The van der Waals surface area contributed by atoms with E-state index in [2.05, 4.69) is 9.98 Å². The molecule has 0 aromatic heterocycles. The van der Waals surface area contributed by atoms with Gasteiger partial charge in [-0.3, -0.25) is 0 Å². The third-order valence-electron chi connectivity index (χ3n) is 3.48. The van der Waals surface area contributed by atoms with Crippen molar-refractivity contribution in [3.05, 3.63) is 35.4 Å². The second-order valence-electron chi connectivity index (χ2n) is 5.13. The Balaban J connectivity index is 2.95. The minimum absolute atomic E-state index is 0.313. The van der Waals surface area contributed by atoms with Crippen LogP contribution in [0.5, 0.6) is 11.5 Å². The summed E-state index contributed by atoms with van der Waals surface area (Å²) in [6.07, 6.45) is 3.08. The van der Waals surface area contributed by atoms with E-state index in [1.165, 1.54) is 26.4 Å². The molecule has 0 atom stereocenters. The van der Waals surface area contributed by atoms with Crippen molar-refractivity contribution in [2.75, 3.05) is 14.2 Å². The maximum absolute atomic E-state index is 10.9. The number of carbonyl (C=O) groups excluding carboxylic acids is 2. The lowest BCUT2D eigenvalue weighted by Crippen LogP contribution is -1.92. The molecule has 0 heterocycles. The zero-order valence-electron chi connectivity index (χ0n) is 13.8. The molecule has 122 valence electrons. The largest absolute Gasteiger partial charge is 0.494 e. The Bertz CT molecular complexity index is 804. The molecule has 6 nitrogen and oxygen atoms in total. The molecule has 0 spiro atoms. The Morgan fingerprint density at radius 2 is 1.12 bits per heavy atom. The number of aryl methyl sites for hydroxylation is 2. The molecule has 0 N–H and O–H groups in total. The van der Waals surface area contributed by atoms with Crippen molar-refractivity contribution in [1.82, 2.24) is 0 Å². The predicted molar refractivity (Wildman–Crippen MR) is 90.0 cm³/mol. The van der Waals surface area contributed by atoms with Crippen LogP contribution in [0.15, 0.2) is 34.3 Å². The number of aliphatic imine (C=N–C) groups is 2. The first-order valence-corrected chi connectivity index (χ1v) is 7.09. The van der Waals surface area contributed by atoms with Gasteiger partial charge in [-0.1, -0.05) is 0 Å². The molecule has 2 aromatic rings. The van der Waals surface area contributed by atoms with Crippen LogP contribution in [0.25, 0.3) is 11.1 Å². The Morgan fingerprint density at radius 1 is 0.750 bits per heavy atom. The summed E-state index contributed by atoms with van der Waals surface area (Å²) in [5.41, 5.74) is 3.60. The van der Waals surface area contributed by atoms with Crippen molar-refractivity contribution in [1.29, 1.82) is 0 Å². The average Bonchev–Trinajstić information content (AvgIpc) is 2.57. The van der Waals surface area contributed by atoms with Gasteiger partial charge in [0.25, 0.3) is 0 Å². The van der Waals surface area contributed by atoms with Crippen molar-refractivity contribution in [2.24, 2.45) is 9.98 Å². The van der Waals surface area contributed by atoms with Gasteiger partial charge in [0.15, 0.2) is 0 Å². The summed E-state index contributed by atoms with van der Waals surface area (Å²) in [5.74, 6) is 0.852. The zero-order valence-corrected chi connectivity index (χ0v) is 13.8. The number of hydrogen-bond donors (Lipinski definition) is 0. The molecule has 0 unspecified atom stereocenters. The van der Waals surface area contributed by atoms with Gasteiger partial charge < -0.3 is 9.47 Å². The molecule has 0 saturated heterocycles. The van der Waals surface area contributed by atoms with Gasteiger partial charge in [-0.05, 0) is 49.2 Å². The third-order valence-corrected chi connectivity index (χ3v) is 3.48. The van der Waals surface area contributed by atoms with E-state index in [-0.39, 0.29) is 0 Å². The normalized spacial score (nSPS) is 9.67. The molecule has 0 bridgehead atoms. The van der Waals surface area contributed by atoms with E-state index in [0.29, 0.717) is 34.0 Å². The lowest BCUT2D eigenvalue weighted by molar-refractivity contribution is 0.415. The molecule has 0 saturated carbocycles. The van der Waals surface area contributed by atoms with Crippen LogP contribution in [-0.4, -0.2) is 26.4 Å². The van der Waals surface area contributed by atoms with Crippen LogP contribution in [0.1, 0.15) is 11.1 Å². The summed E-state index contributed by atoms with van der Waals surface area (Å²) in [4.78, 5) is 29.2. The van der Waals surface area contributed by atoms with Crippen LogP contribution in [-0.2, 0) is 9.59 Å². The van der Waals surface area contributed by atoms with Crippen molar-refractivity contribution in [3.8, 4) is 22.6 Å². The summed E-state index contributed by atoms with van der Waals surface area (Å²) >= 11 is 0. The molecule has 0 aliphatic rings. The molecule has 0 amide bonds. The number of methoxy groups -OCH3 is 2. The molecule has 2 aromatic carbocycles. The van der Waals surface area contributed by atoms with Crippen LogP contribution in [0.4, 0.5) is 11.4 Å². The first-order chi connectivity index (χ1) is 11.5. The highest BCUT2D eigenvalue weighted by Gasteiger charge is 2.18. The van der Waals surface area contributed by atoms with E-state index in [1.807, 2.05) is 26.0 Å². The maximum atomic E-state index is 10.9. The summed E-state index contributed by atoms with van der Waals surface area (Å²) < 4.78 is 10.6. The van der Waals surface area contributed by atoms with Gasteiger partial charge in [0.1, 0.15) is 22.9 Å². The van der Waals surface area contributed by atoms with Gasteiger partial charge in [-0.15, -0.1) is 0 Å². The second kappa shape index (κ2) is 7.38. The van der Waals surface area contributed by atoms with Gasteiger partial charge in [0.2, 0.25) is 12.2 Å². The fourth-order valence-electron chi connectivity index (χ4n) is 2.53. The van der Waals surface area contributed by atoms with E-state index in [9.17, 15) is 9.59 Å². The predicted octanol–water partition coefficient (Wildman–Crippen LogP) is 3.92. The molecular formula is C18H16N2O4. The fraction of sp³-hybridized carbons (Fsp3) is 0.222. The minimum Gasteiger partial charge on any atom is -0.494 e. The number of isocyanates is 2. The van der Waals surface area contributed by atoms with Crippen LogP contribution in [0.3, 0.4) is 0 Å². The molecule has 0 aliphatic carbocycles.